The minimum atomic E-state index is -0.289. The number of benzene rings is 2. The van der Waals surface area contributed by atoms with Crippen LogP contribution in [0.1, 0.15) is 10.5 Å². The number of hydrogen-bond donors (Lipinski definition) is 1. The van der Waals surface area contributed by atoms with Crippen molar-refractivity contribution in [2.24, 2.45) is 0 Å². The molecule has 2 aromatic heterocycles. The molecule has 140 valence electrons. The highest BCUT2D eigenvalue weighted by atomic mass is 127. The second-order valence-electron chi connectivity index (χ2n) is 5.85. The first kappa shape index (κ1) is 19.4. The first-order chi connectivity index (χ1) is 13.5. The van der Waals surface area contributed by atoms with Gasteiger partial charge in [0.05, 0.1) is 63.3 Å². The molecule has 6 nitrogen and oxygen atoms in total. The molecule has 9 heteroatoms. The Labute approximate surface area is 193 Å². The van der Waals surface area contributed by atoms with Crippen LogP contribution in [0, 0.1) is 0 Å². The van der Waals surface area contributed by atoms with Crippen molar-refractivity contribution in [3.8, 4) is 11.1 Å². The third kappa shape index (κ3) is 3.94. The van der Waals surface area contributed by atoms with Gasteiger partial charge in [-0.05, 0) is 35.9 Å². The number of carbonyl (C=O) groups excluding carboxylic acids is 1. The average Bonchev–Trinajstić information content (AvgIpc) is 3.11. The maximum Gasteiger partial charge on any atom is 0.274 e. The van der Waals surface area contributed by atoms with E-state index < -0.39 is 0 Å². The molecule has 1 amide bonds. The fourth-order valence-electron chi connectivity index (χ4n) is 2.77. The maximum absolute atomic E-state index is 12.8. The van der Waals surface area contributed by atoms with Crippen molar-refractivity contribution in [3.05, 3.63) is 77.7 Å². The Hall–Kier alpha value is -1.92. The molecule has 0 aliphatic rings. The van der Waals surface area contributed by atoms with E-state index in [0.717, 1.165) is 16.8 Å². The molecule has 0 aliphatic heterocycles. The van der Waals surface area contributed by atoms with Gasteiger partial charge >= 0.3 is 0 Å². The van der Waals surface area contributed by atoms with E-state index in [0.29, 0.717) is 22.1 Å². The first-order valence-corrected chi connectivity index (χ1v) is 10.5. The van der Waals surface area contributed by atoms with E-state index in [1.54, 1.807) is 23.0 Å². The summed E-state index contributed by atoms with van der Waals surface area (Å²) in [7, 11) is 0. The Morgan fingerprint density at radius 1 is 1.11 bits per heavy atom. The van der Waals surface area contributed by atoms with Crippen molar-refractivity contribution in [1.29, 1.82) is 0 Å². The molecule has 1 N–H and O–H groups in total. The lowest BCUT2D eigenvalue weighted by molar-refractivity contribution is 0.102. The third-order valence-corrected chi connectivity index (χ3v) is 5.35. The van der Waals surface area contributed by atoms with E-state index in [1.165, 1.54) is 0 Å². The lowest BCUT2D eigenvalue weighted by Crippen LogP contribution is -2.15. The normalized spacial score (nSPS) is 10.8. The van der Waals surface area contributed by atoms with Crippen LogP contribution in [-0.2, 0) is 0 Å². The predicted octanol–water partition coefficient (Wildman–Crippen LogP) is 5.81. The molecule has 0 unspecified atom stereocenters. The summed E-state index contributed by atoms with van der Waals surface area (Å²) < 4.78 is 3.52. The van der Waals surface area contributed by atoms with Crippen LogP contribution in [0.2, 0.25) is 5.02 Å². The van der Waals surface area contributed by atoms with Gasteiger partial charge in [0.2, 0.25) is 0 Å². The van der Waals surface area contributed by atoms with Crippen LogP contribution < -0.4 is 6.64 Å². The number of fused-ring (bicyclic) bond motifs is 1. The summed E-state index contributed by atoms with van der Waals surface area (Å²) >= 11 is 10.4. The molecule has 0 fully saturated rings. The van der Waals surface area contributed by atoms with E-state index >= 15 is 0 Å². The van der Waals surface area contributed by atoms with Crippen LogP contribution in [0.5, 0.6) is 0 Å². The molecule has 0 radical (unpaired) electrons. The average molecular weight is 616 g/mol. The monoisotopic (exact) mass is 615 g/mol. The molecule has 0 atom stereocenters. The van der Waals surface area contributed by atoms with Gasteiger partial charge in [0.15, 0.2) is 5.65 Å². The van der Waals surface area contributed by atoms with Gasteiger partial charge in [-0.15, -0.1) is 0 Å². The highest BCUT2D eigenvalue weighted by Crippen LogP contribution is 2.31. The van der Waals surface area contributed by atoms with E-state index in [4.69, 9.17) is 11.6 Å². The Kier molecular flexibility index (Phi) is 5.69. The second kappa shape index (κ2) is 8.21. The number of para-hydroxylation sites is 2. The van der Waals surface area contributed by atoms with Crippen molar-refractivity contribution < 1.29 is 4.79 Å². The largest absolute Gasteiger partial charge is 0.319 e. The lowest BCUT2D eigenvalue weighted by Gasteiger charge is -2.14. The number of nitrogens with zero attached hydrogens (tertiary/aromatic N) is 4. The molecular formula is C19H12ClI2N5O. The quantitative estimate of drug-likeness (QED) is 0.233. The van der Waals surface area contributed by atoms with Crippen molar-refractivity contribution in [1.82, 2.24) is 14.6 Å². The number of anilines is 2. The fraction of sp³-hybridized carbons (Fsp3) is 0. The van der Waals surface area contributed by atoms with Crippen molar-refractivity contribution in [3.63, 3.8) is 0 Å². The van der Waals surface area contributed by atoms with E-state index in [2.05, 4.69) is 61.1 Å². The molecule has 0 spiro atoms. The second-order valence-corrected chi connectivity index (χ2v) is 10.1. The molecule has 4 aromatic rings. The van der Waals surface area contributed by atoms with Crippen LogP contribution in [-0.4, -0.2) is 20.5 Å². The highest BCUT2D eigenvalue weighted by molar-refractivity contribution is 14.2. The molecule has 0 saturated carbocycles. The number of rotatable bonds is 4. The molecule has 4 rings (SSSR count). The summed E-state index contributed by atoms with van der Waals surface area (Å²) in [4.78, 5) is 17.3. The summed E-state index contributed by atoms with van der Waals surface area (Å²) in [5.41, 5.74) is 4.20. The van der Waals surface area contributed by atoms with Crippen LogP contribution in [0.15, 0.2) is 67.0 Å². The van der Waals surface area contributed by atoms with E-state index in [1.807, 2.05) is 49.9 Å². The minimum Gasteiger partial charge on any atom is -0.319 e. The third-order valence-electron chi connectivity index (χ3n) is 4.07. The molecule has 0 aliphatic carbocycles. The number of carbonyl (C=O) groups is 1. The van der Waals surface area contributed by atoms with Gasteiger partial charge in [0.1, 0.15) is 5.69 Å². The molecular weight excluding hydrogens is 604 g/mol. The lowest BCUT2D eigenvalue weighted by atomic mass is 10.1. The van der Waals surface area contributed by atoms with Gasteiger partial charge in [-0.3, -0.25) is 6.12 Å². The number of nitrogens with one attached hydrogen (secondary N) is 1. The predicted molar refractivity (Wildman–Crippen MR) is 128 cm³/mol. The number of halogens is 3. The van der Waals surface area contributed by atoms with E-state index in [-0.39, 0.29) is 5.91 Å². The number of aromatic nitrogens is 3. The minimum absolute atomic E-state index is 0.289. The van der Waals surface area contributed by atoms with Crippen LogP contribution in [0.3, 0.4) is 0 Å². The van der Waals surface area contributed by atoms with Crippen molar-refractivity contribution in [2.45, 2.75) is 0 Å². The highest BCUT2D eigenvalue weighted by Gasteiger charge is 2.15. The Morgan fingerprint density at radius 3 is 2.71 bits per heavy atom. The van der Waals surface area contributed by atoms with Crippen LogP contribution in [0.4, 0.5) is 11.4 Å². The Morgan fingerprint density at radius 2 is 1.93 bits per heavy atom. The number of hydrogen-bond acceptors (Lipinski definition) is 4. The van der Waals surface area contributed by atoms with Gasteiger partial charge < -0.3 is 5.32 Å². The summed E-state index contributed by atoms with van der Waals surface area (Å²) in [6.07, 6.45) is 3.44. The molecule has 28 heavy (non-hydrogen) atoms. The number of amides is 1. The Bertz CT molecular complexity index is 1180. The topological polar surface area (TPSA) is 62.5 Å². The Balaban J connectivity index is 1.70. The van der Waals surface area contributed by atoms with Gasteiger partial charge in [-0.1, -0.05) is 35.9 Å². The van der Waals surface area contributed by atoms with Crippen LogP contribution in [0.25, 0.3) is 16.8 Å². The molecule has 2 heterocycles. The fourth-order valence-corrected chi connectivity index (χ4v) is 3.80. The van der Waals surface area contributed by atoms with Gasteiger partial charge in [0.25, 0.3) is 5.91 Å². The van der Waals surface area contributed by atoms with Crippen molar-refractivity contribution in [2.75, 3.05) is 6.64 Å². The maximum atomic E-state index is 12.8. The summed E-state index contributed by atoms with van der Waals surface area (Å²) in [5.74, 6) is -0.289. The molecule has 0 saturated heterocycles. The molecule has 2 aromatic carbocycles. The summed E-state index contributed by atoms with van der Waals surface area (Å²) in [6, 6.07) is 16.7. The van der Waals surface area contributed by atoms with Crippen molar-refractivity contribution >= 4 is 80.3 Å². The zero-order valence-corrected chi connectivity index (χ0v) is 19.3. The van der Waals surface area contributed by atoms with E-state index in [9.17, 15) is 4.79 Å². The van der Waals surface area contributed by atoms with Crippen LogP contribution >= 0.6 is 57.3 Å². The van der Waals surface area contributed by atoms with Gasteiger partial charge in [0, 0.05) is 16.8 Å². The van der Waals surface area contributed by atoms with Gasteiger partial charge in [-0.2, -0.15) is 5.10 Å². The standard InChI is InChI=1S/C19H12ClI2N5O/c20-13-5-3-4-12(10-13)14-11-23-26-9-8-16(24-18(14)26)19(28)25-15-6-1-2-7-17(15)27(21)22/h1-11H,(H,25,28). The van der Waals surface area contributed by atoms with Gasteiger partial charge in [-0.25, -0.2) is 9.50 Å². The summed E-state index contributed by atoms with van der Waals surface area (Å²) in [5, 5.41) is 7.88. The zero-order valence-electron chi connectivity index (χ0n) is 14.2. The smallest absolute Gasteiger partial charge is 0.274 e. The summed E-state index contributed by atoms with van der Waals surface area (Å²) in [6.45, 7) is 0. The molecule has 0 bridgehead atoms. The first-order valence-electron chi connectivity index (χ1n) is 8.15. The SMILES string of the molecule is O=C(Nc1ccccc1N(I)I)c1ccn2ncc(-c3cccc(Cl)c3)c2n1. The zero-order chi connectivity index (χ0) is 19.7.